The molecule has 2 rings (SSSR count). The van der Waals surface area contributed by atoms with E-state index in [4.69, 9.17) is 4.74 Å². The third-order valence-electron chi connectivity index (χ3n) is 4.75. The monoisotopic (exact) mass is 370 g/mol. The van der Waals surface area contributed by atoms with E-state index in [0.717, 1.165) is 12.0 Å². The Morgan fingerprint density at radius 3 is 2.48 bits per heavy atom. The maximum Gasteiger partial charge on any atom is 0.317 e. The van der Waals surface area contributed by atoms with Gasteiger partial charge in [-0.05, 0) is 42.0 Å². The molecule has 0 aliphatic heterocycles. The summed E-state index contributed by atoms with van der Waals surface area (Å²) < 4.78 is 5.04. The Morgan fingerprint density at radius 2 is 1.89 bits per heavy atom. The lowest BCUT2D eigenvalue weighted by Gasteiger charge is -2.30. The van der Waals surface area contributed by atoms with Gasteiger partial charge in [0.15, 0.2) is 11.5 Å². The number of aromatic hydroxyl groups is 1. The van der Waals surface area contributed by atoms with E-state index in [9.17, 15) is 9.90 Å². The number of hydrogen-bond acceptors (Lipinski definition) is 3. The summed E-state index contributed by atoms with van der Waals surface area (Å²) in [5, 5.41) is 12.9. The molecule has 5 nitrogen and oxygen atoms in total. The van der Waals surface area contributed by atoms with E-state index in [-0.39, 0.29) is 23.2 Å². The molecule has 0 saturated heterocycles. The number of amides is 2. The molecule has 2 aromatic carbocycles. The molecule has 0 radical (unpaired) electrons. The minimum absolute atomic E-state index is 0.0272. The maximum absolute atomic E-state index is 12.5. The zero-order valence-electron chi connectivity index (χ0n) is 16.8. The first-order valence-corrected chi connectivity index (χ1v) is 9.16. The van der Waals surface area contributed by atoms with Crippen molar-refractivity contribution < 1.29 is 14.6 Å². The number of phenols is 1. The number of benzene rings is 2. The number of urea groups is 1. The first-order valence-electron chi connectivity index (χ1n) is 9.16. The van der Waals surface area contributed by atoms with Gasteiger partial charge in [0, 0.05) is 19.6 Å². The summed E-state index contributed by atoms with van der Waals surface area (Å²) in [6.07, 6.45) is 0.833. The van der Waals surface area contributed by atoms with Crippen LogP contribution < -0.4 is 10.1 Å². The average Bonchev–Trinajstić information content (AvgIpc) is 2.62. The van der Waals surface area contributed by atoms with Crippen LogP contribution in [0.5, 0.6) is 11.5 Å². The highest BCUT2D eigenvalue weighted by atomic mass is 16.5. The van der Waals surface area contributed by atoms with E-state index in [0.29, 0.717) is 12.3 Å². The summed E-state index contributed by atoms with van der Waals surface area (Å²) in [7, 11) is 3.25. The molecule has 5 heteroatoms. The number of carbonyl (C=O) groups is 1. The van der Waals surface area contributed by atoms with Crippen LogP contribution in [0.2, 0.25) is 0 Å². The van der Waals surface area contributed by atoms with E-state index in [1.165, 1.54) is 12.7 Å². The topological polar surface area (TPSA) is 61.8 Å². The Morgan fingerprint density at radius 1 is 1.22 bits per heavy atom. The second-order valence-electron chi connectivity index (χ2n) is 7.67. The summed E-state index contributed by atoms with van der Waals surface area (Å²) in [6, 6.07) is 15.4. The van der Waals surface area contributed by atoms with Gasteiger partial charge >= 0.3 is 6.03 Å². The minimum atomic E-state index is -0.137. The molecule has 0 aliphatic carbocycles. The molecule has 2 aromatic rings. The van der Waals surface area contributed by atoms with E-state index in [1.54, 1.807) is 24.1 Å². The molecule has 0 fully saturated rings. The molecule has 1 atom stereocenters. The zero-order valence-corrected chi connectivity index (χ0v) is 16.8. The van der Waals surface area contributed by atoms with Gasteiger partial charge in [-0.25, -0.2) is 4.79 Å². The number of nitrogens with one attached hydrogen (secondary N) is 1. The second kappa shape index (κ2) is 8.80. The van der Waals surface area contributed by atoms with Gasteiger partial charge in [-0.1, -0.05) is 50.2 Å². The van der Waals surface area contributed by atoms with Crippen molar-refractivity contribution in [2.75, 3.05) is 14.2 Å². The van der Waals surface area contributed by atoms with Crippen molar-refractivity contribution in [1.82, 2.24) is 10.2 Å². The van der Waals surface area contributed by atoms with E-state index >= 15 is 0 Å². The SMILES string of the molecule is COc1ccc(CN(C)C(=O)NC(C)CC(C)(C)c2ccccc2)cc1O. The van der Waals surface area contributed by atoms with Crippen molar-refractivity contribution >= 4 is 6.03 Å². The molecular weight excluding hydrogens is 340 g/mol. The fraction of sp³-hybridized carbons (Fsp3) is 0.409. The molecule has 0 spiro atoms. The van der Waals surface area contributed by atoms with Gasteiger partial charge in [0.05, 0.1) is 7.11 Å². The summed E-state index contributed by atoms with van der Waals surface area (Å²) in [5.74, 6) is 0.490. The average molecular weight is 370 g/mol. The number of ether oxygens (including phenoxy) is 1. The molecule has 0 heterocycles. The standard InChI is InChI=1S/C22H30N2O3/c1-16(14-22(2,3)18-9-7-6-8-10-18)23-21(26)24(4)15-17-11-12-20(27-5)19(25)13-17/h6-13,16,25H,14-15H2,1-5H3,(H,23,26). The van der Waals surface area contributed by atoms with Gasteiger partial charge in [-0.15, -0.1) is 0 Å². The van der Waals surface area contributed by atoms with Crippen molar-refractivity contribution in [2.45, 2.75) is 45.2 Å². The highest BCUT2D eigenvalue weighted by molar-refractivity contribution is 5.74. The first kappa shape index (κ1) is 20.6. The van der Waals surface area contributed by atoms with Crippen molar-refractivity contribution in [1.29, 1.82) is 0 Å². The number of hydrogen-bond donors (Lipinski definition) is 2. The van der Waals surface area contributed by atoms with Gasteiger partial charge in [-0.3, -0.25) is 0 Å². The van der Waals surface area contributed by atoms with Crippen LogP contribution in [0.3, 0.4) is 0 Å². The summed E-state index contributed by atoms with van der Waals surface area (Å²) in [6.45, 7) is 6.80. The van der Waals surface area contributed by atoms with Gasteiger partial charge < -0.3 is 20.1 Å². The molecule has 1 unspecified atom stereocenters. The number of methoxy groups -OCH3 is 1. The Bertz CT molecular complexity index is 759. The second-order valence-corrected chi connectivity index (χ2v) is 7.67. The van der Waals surface area contributed by atoms with Gasteiger partial charge in [0.2, 0.25) is 0 Å². The van der Waals surface area contributed by atoms with E-state index < -0.39 is 0 Å². The third-order valence-corrected chi connectivity index (χ3v) is 4.75. The number of carbonyl (C=O) groups excluding carboxylic acids is 1. The Kier molecular flexibility index (Phi) is 6.72. The molecule has 2 N–H and O–H groups in total. The molecule has 27 heavy (non-hydrogen) atoms. The van der Waals surface area contributed by atoms with Crippen LogP contribution in [-0.4, -0.2) is 36.2 Å². The summed E-state index contributed by atoms with van der Waals surface area (Å²) in [4.78, 5) is 14.1. The first-order chi connectivity index (χ1) is 12.7. The predicted molar refractivity (Wildman–Crippen MR) is 108 cm³/mol. The highest BCUT2D eigenvalue weighted by Gasteiger charge is 2.24. The van der Waals surface area contributed by atoms with Crippen LogP contribution in [0.4, 0.5) is 4.79 Å². The molecule has 0 saturated carbocycles. The summed E-state index contributed by atoms with van der Waals surface area (Å²) >= 11 is 0. The number of nitrogens with zero attached hydrogens (tertiary/aromatic N) is 1. The minimum Gasteiger partial charge on any atom is -0.504 e. The van der Waals surface area contributed by atoms with Crippen LogP contribution in [0.1, 0.15) is 38.3 Å². The zero-order chi connectivity index (χ0) is 20.0. The van der Waals surface area contributed by atoms with Gasteiger partial charge in [0.25, 0.3) is 0 Å². The fourth-order valence-corrected chi connectivity index (χ4v) is 3.32. The quantitative estimate of drug-likeness (QED) is 0.764. The lowest BCUT2D eigenvalue weighted by Crippen LogP contribution is -2.43. The van der Waals surface area contributed by atoms with Crippen molar-refractivity contribution in [3.63, 3.8) is 0 Å². The number of phenolic OH excluding ortho intramolecular Hbond substituents is 1. The number of rotatable bonds is 7. The predicted octanol–water partition coefficient (Wildman–Crippen LogP) is 4.30. The summed E-state index contributed by atoms with van der Waals surface area (Å²) in [5.41, 5.74) is 2.06. The molecule has 0 aliphatic rings. The molecular formula is C22H30N2O3. The Hall–Kier alpha value is -2.69. The highest BCUT2D eigenvalue weighted by Crippen LogP contribution is 2.28. The van der Waals surface area contributed by atoms with Crippen LogP contribution in [0, 0.1) is 0 Å². The van der Waals surface area contributed by atoms with Crippen molar-refractivity contribution in [3.8, 4) is 11.5 Å². The molecule has 2 amide bonds. The van der Waals surface area contributed by atoms with Gasteiger partial charge in [-0.2, -0.15) is 0 Å². The van der Waals surface area contributed by atoms with Crippen LogP contribution in [-0.2, 0) is 12.0 Å². The molecule has 0 bridgehead atoms. The van der Waals surface area contributed by atoms with E-state index in [2.05, 4.69) is 31.3 Å². The van der Waals surface area contributed by atoms with E-state index in [1.807, 2.05) is 31.2 Å². The largest absolute Gasteiger partial charge is 0.504 e. The third kappa shape index (κ3) is 5.64. The Balaban J connectivity index is 1.92. The molecule has 0 aromatic heterocycles. The molecule has 146 valence electrons. The van der Waals surface area contributed by atoms with Crippen LogP contribution in [0.15, 0.2) is 48.5 Å². The van der Waals surface area contributed by atoms with Crippen LogP contribution in [0.25, 0.3) is 0 Å². The van der Waals surface area contributed by atoms with Crippen molar-refractivity contribution in [3.05, 3.63) is 59.7 Å². The smallest absolute Gasteiger partial charge is 0.317 e. The lowest BCUT2D eigenvalue weighted by molar-refractivity contribution is 0.201. The van der Waals surface area contributed by atoms with Crippen molar-refractivity contribution in [2.24, 2.45) is 0 Å². The van der Waals surface area contributed by atoms with Crippen LogP contribution >= 0.6 is 0 Å². The lowest BCUT2D eigenvalue weighted by atomic mass is 9.79. The van der Waals surface area contributed by atoms with Gasteiger partial charge in [0.1, 0.15) is 0 Å². The Labute approximate surface area is 162 Å². The maximum atomic E-state index is 12.5. The normalized spacial score (nSPS) is 12.3. The fourth-order valence-electron chi connectivity index (χ4n) is 3.32.